The molecule has 24 heavy (non-hydrogen) atoms. The first-order valence-corrected chi connectivity index (χ1v) is 6.76. The fourth-order valence-electron chi connectivity index (χ4n) is 2.47. The molecule has 0 atom stereocenters. The molecule has 0 saturated carbocycles. The monoisotopic (exact) mass is 329 g/mol. The van der Waals surface area contributed by atoms with Gasteiger partial charge in [0.2, 0.25) is 0 Å². The van der Waals surface area contributed by atoms with E-state index < -0.39 is 21.9 Å². The molecule has 10 heteroatoms. The first-order valence-electron chi connectivity index (χ1n) is 6.76. The van der Waals surface area contributed by atoms with Crippen LogP contribution in [0.15, 0.2) is 38.6 Å². The molecule has 0 radical (unpaired) electrons. The second-order valence-electron chi connectivity index (χ2n) is 5.13. The van der Waals surface area contributed by atoms with Gasteiger partial charge in [0.25, 0.3) is 11.2 Å². The van der Waals surface area contributed by atoms with E-state index in [0.717, 1.165) is 9.13 Å². The van der Waals surface area contributed by atoms with Crippen LogP contribution in [0.1, 0.15) is 0 Å². The van der Waals surface area contributed by atoms with Crippen LogP contribution in [0.2, 0.25) is 0 Å². The molecule has 0 unspecified atom stereocenters. The number of non-ortho nitro benzene ring substituents is 1. The van der Waals surface area contributed by atoms with E-state index in [9.17, 15) is 24.5 Å². The molecule has 3 aromatic rings. The summed E-state index contributed by atoms with van der Waals surface area (Å²) in [5.41, 5.74) is -2.00. The summed E-state index contributed by atoms with van der Waals surface area (Å²) in [5, 5.41) is 10.9. The lowest BCUT2D eigenvalue weighted by Crippen LogP contribution is -2.38. The fourth-order valence-corrected chi connectivity index (χ4v) is 2.47. The Kier molecular flexibility index (Phi) is 3.36. The highest BCUT2D eigenvalue weighted by Crippen LogP contribution is 2.24. The number of benzene rings is 1. The van der Waals surface area contributed by atoms with Gasteiger partial charge in [-0.25, -0.2) is 9.59 Å². The maximum atomic E-state index is 12.5. The van der Waals surface area contributed by atoms with Gasteiger partial charge in [0.05, 0.1) is 10.6 Å². The SMILES string of the molecule is Cn1c(=O)c2c(-c3cccc([N+](=O)[O-])c3)[nH]c(=O)nc2n(C)c1=O. The molecule has 3 rings (SSSR count). The van der Waals surface area contributed by atoms with E-state index in [4.69, 9.17) is 0 Å². The molecule has 1 N–H and O–H groups in total. The molecular weight excluding hydrogens is 318 g/mol. The van der Waals surface area contributed by atoms with Gasteiger partial charge in [-0.2, -0.15) is 4.98 Å². The first kappa shape index (κ1) is 15.3. The zero-order valence-corrected chi connectivity index (χ0v) is 12.6. The lowest BCUT2D eigenvalue weighted by molar-refractivity contribution is -0.384. The smallest absolute Gasteiger partial charge is 0.304 e. The number of rotatable bonds is 2. The summed E-state index contributed by atoms with van der Waals surface area (Å²) in [6, 6.07) is 5.47. The van der Waals surface area contributed by atoms with E-state index in [0.29, 0.717) is 0 Å². The largest absolute Gasteiger partial charge is 0.347 e. The zero-order valence-electron chi connectivity index (χ0n) is 12.6. The Labute approximate surface area is 132 Å². The highest BCUT2D eigenvalue weighted by molar-refractivity contribution is 5.89. The molecule has 0 spiro atoms. The van der Waals surface area contributed by atoms with E-state index in [-0.39, 0.29) is 28.0 Å². The summed E-state index contributed by atoms with van der Waals surface area (Å²) >= 11 is 0. The van der Waals surface area contributed by atoms with Crippen molar-refractivity contribution in [3.63, 3.8) is 0 Å². The number of hydrogen-bond acceptors (Lipinski definition) is 6. The van der Waals surface area contributed by atoms with Gasteiger partial charge >= 0.3 is 11.4 Å². The summed E-state index contributed by atoms with van der Waals surface area (Å²) in [6.45, 7) is 0. The Balaban J connectivity index is 2.52. The van der Waals surface area contributed by atoms with E-state index in [2.05, 4.69) is 9.97 Å². The molecule has 1 aromatic carbocycles. The second-order valence-corrected chi connectivity index (χ2v) is 5.13. The predicted octanol–water partition coefficient (Wildman–Crippen LogP) is -0.104. The van der Waals surface area contributed by atoms with Gasteiger partial charge in [0.15, 0.2) is 5.65 Å². The summed E-state index contributed by atoms with van der Waals surface area (Å²) in [5.74, 6) is 0. The van der Waals surface area contributed by atoms with Crippen LogP contribution in [0.25, 0.3) is 22.3 Å². The van der Waals surface area contributed by atoms with Gasteiger partial charge in [-0.15, -0.1) is 0 Å². The van der Waals surface area contributed by atoms with Crippen molar-refractivity contribution in [2.75, 3.05) is 0 Å². The molecule has 0 aliphatic heterocycles. The number of nitrogens with zero attached hydrogens (tertiary/aromatic N) is 4. The number of aromatic amines is 1. The Morgan fingerprint density at radius 3 is 2.54 bits per heavy atom. The van der Waals surface area contributed by atoms with Gasteiger partial charge in [0.1, 0.15) is 5.39 Å². The lowest BCUT2D eigenvalue weighted by atomic mass is 10.1. The Hall–Kier alpha value is -3.56. The summed E-state index contributed by atoms with van der Waals surface area (Å²) in [7, 11) is 2.68. The topological polar surface area (TPSA) is 133 Å². The maximum Gasteiger partial charge on any atom is 0.347 e. The fraction of sp³-hybridized carbons (Fsp3) is 0.143. The standard InChI is InChI=1S/C14H11N5O5/c1-17-11-9(12(20)18(2)14(17)22)10(15-13(21)16-11)7-4-3-5-8(6-7)19(23)24/h3-6H,1-2H3,(H,15,16,21). The summed E-state index contributed by atoms with van der Waals surface area (Å²) in [6.07, 6.45) is 0. The normalized spacial score (nSPS) is 10.9. The van der Waals surface area contributed by atoms with Crippen LogP contribution in [0.3, 0.4) is 0 Å². The predicted molar refractivity (Wildman–Crippen MR) is 84.9 cm³/mol. The minimum Gasteiger partial charge on any atom is -0.304 e. The Morgan fingerprint density at radius 2 is 1.88 bits per heavy atom. The van der Waals surface area contributed by atoms with E-state index in [1.807, 2.05) is 0 Å². The van der Waals surface area contributed by atoms with Gasteiger partial charge < -0.3 is 4.98 Å². The van der Waals surface area contributed by atoms with Gasteiger partial charge in [-0.05, 0) is 0 Å². The maximum absolute atomic E-state index is 12.5. The first-order chi connectivity index (χ1) is 11.3. The van der Waals surface area contributed by atoms with E-state index in [1.54, 1.807) is 0 Å². The molecule has 0 aliphatic rings. The summed E-state index contributed by atoms with van der Waals surface area (Å²) in [4.78, 5) is 52.8. The minimum absolute atomic E-state index is 0.000280. The van der Waals surface area contributed by atoms with Crippen LogP contribution in [0, 0.1) is 10.1 Å². The molecule has 122 valence electrons. The van der Waals surface area contributed by atoms with Crippen LogP contribution in [0.5, 0.6) is 0 Å². The quantitative estimate of drug-likeness (QED) is 0.515. The number of nitro benzene ring substituents is 1. The average molecular weight is 329 g/mol. The second kappa shape index (κ2) is 5.26. The minimum atomic E-state index is -0.771. The van der Waals surface area contributed by atoms with Crippen molar-refractivity contribution < 1.29 is 4.92 Å². The number of H-pyrrole nitrogens is 1. The molecule has 2 heterocycles. The van der Waals surface area contributed by atoms with Crippen LogP contribution in [0.4, 0.5) is 5.69 Å². The molecule has 0 bridgehead atoms. The number of aryl methyl sites for hydroxylation is 1. The van der Waals surface area contributed by atoms with Crippen LogP contribution < -0.4 is 16.9 Å². The van der Waals surface area contributed by atoms with Crippen molar-refractivity contribution in [1.82, 2.24) is 19.1 Å². The summed E-state index contributed by atoms with van der Waals surface area (Å²) < 4.78 is 1.95. The van der Waals surface area contributed by atoms with Crippen LogP contribution in [-0.4, -0.2) is 24.0 Å². The number of nitro groups is 1. The van der Waals surface area contributed by atoms with Crippen molar-refractivity contribution >= 4 is 16.7 Å². The van der Waals surface area contributed by atoms with Gasteiger partial charge in [0, 0.05) is 31.8 Å². The van der Waals surface area contributed by atoms with Crippen molar-refractivity contribution in [2.24, 2.45) is 14.1 Å². The molecule has 10 nitrogen and oxygen atoms in total. The Morgan fingerprint density at radius 1 is 1.17 bits per heavy atom. The van der Waals surface area contributed by atoms with E-state index in [1.165, 1.54) is 38.4 Å². The van der Waals surface area contributed by atoms with Crippen LogP contribution >= 0.6 is 0 Å². The van der Waals surface area contributed by atoms with Crippen molar-refractivity contribution in [2.45, 2.75) is 0 Å². The lowest BCUT2D eigenvalue weighted by Gasteiger charge is -2.09. The number of fused-ring (bicyclic) bond motifs is 1. The third-order valence-electron chi connectivity index (χ3n) is 3.67. The highest BCUT2D eigenvalue weighted by atomic mass is 16.6. The zero-order chi connectivity index (χ0) is 17.6. The Bertz CT molecular complexity index is 1170. The number of nitrogens with one attached hydrogen (secondary N) is 1. The molecule has 0 aliphatic carbocycles. The third kappa shape index (κ3) is 2.20. The number of hydrogen-bond donors (Lipinski definition) is 1. The number of aromatic nitrogens is 4. The molecule has 2 aromatic heterocycles. The van der Waals surface area contributed by atoms with Crippen LogP contribution in [-0.2, 0) is 14.1 Å². The van der Waals surface area contributed by atoms with Crippen molar-refractivity contribution in [3.05, 3.63) is 65.7 Å². The van der Waals surface area contributed by atoms with E-state index >= 15 is 0 Å². The van der Waals surface area contributed by atoms with Gasteiger partial charge in [-0.3, -0.25) is 24.0 Å². The molecule has 0 fully saturated rings. The third-order valence-corrected chi connectivity index (χ3v) is 3.67. The van der Waals surface area contributed by atoms with Gasteiger partial charge in [-0.1, -0.05) is 12.1 Å². The van der Waals surface area contributed by atoms with Crippen molar-refractivity contribution in [1.29, 1.82) is 0 Å². The molecular formula is C14H11N5O5. The molecule has 0 saturated heterocycles. The average Bonchev–Trinajstić information content (AvgIpc) is 2.57. The highest BCUT2D eigenvalue weighted by Gasteiger charge is 2.18. The molecule has 0 amide bonds. The van der Waals surface area contributed by atoms with Crippen molar-refractivity contribution in [3.8, 4) is 11.3 Å².